The van der Waals surface area contributed by atoms with E-state index in [9.17, 15) is 10.1 Å². The van der Waals surface area contributed by atoms with E-state index < -0.39 is 11.9 Å². The Morgan fingerprint density at radius 3 is 2.85 bits per heavy atom. The van der Waals surface area contributed by atoms with Crippen molar-refractivity contribution in [2.75, 3.05) is 6.61 Å². The summed E-state index contributed by atoms with van der Waals surface area (Å²) < 4.78 is 16.5. The summed E-state index contributed by atoms with van der Waals surface area (Å²) >= 11 is 0. The summed E-state index contributed by atoms with van der Waals surface area (Å²) in [5.74, 6) is 0.0518. The van der Waals surface area contributed by atoms with Crippen molar-refractivity contribution >= 4 is 5.97 Å². The minimum Gasteiger partial charge on any atom is -0.487 e. The molecule has 3 rings (SSSR count). The first kappa shape index (κ1) is 17.9. The van der Waals surface area contributed by atoms with Crippen LogP contribution in [0.4, 0.5) is 0 Å². The van der Waals surface area contributed by atoms with Gasteiger partial charge in [-0.05, 0) is 44.9 Å². The molecule has 1 aromatic carbocycles. The molecule has 1 aromatic rings. The zero-order valence-electron chi connectivity index (χ0n) is 15.4. The Balaban J connectivity index is 2.11. The fourth-order valence-corrected chi connectivity index (χ4v) is 3.50. The van der Waals surface area contributed by atoms with Crippen LogP contribution < -0.4 is 10.5 Å². The molecule has 2 heterocycles. The molecule has 0 amide bonds. The van der Waals surface area contributed by atoms with Crippen molar-refractivity contribution in [3.63, 3.8) is 0 Å². The zero-order chi connectivity index (χ0) is 19.1. The number of hydrogen-bond donors (Lipinski definition) is 1. The molecule has 0 bridgehead atoms. The van der Waals surface area contributed by atoms with Crippen molar-refractivity contribution in [3.8, 4) is 11.8 Å². The van der Waals surface area contributed by atoms with Crippen molar-refractivity contribution in [3.05, 3.63) is 52.1 Å². The van der Waals surface area contributed by atoms with E-state index in [1.165, 1.54) is 0 Å². The van der Waals surface area contributed by atoms with Crippen LogP contribution in [0.25, 0.3) is 0 Å². The lowest BCUT2D eigenvalue weighted by molar-refractivity contribution is -0.139. The molecule has 1 unspecified atom stereocenters. The Morgan fingerprint density at radius 1 is 1.46 bits per heavy atom. The Labute approximate surface area is 152 Å². The van der Waals surface area contributed by atoms with Gasteiger partial charge in [0.15, 0.2) is 0 Å². The molecule has 0 spiro atoms. The summed E-state index contributed by atoms with van der Waals surface area (Å²) in [5.41, 5.74) is 7.98. The number of benzene rings is 1. The molecule has 0 saturated heterocycles. The van der Waals surface area contributed by atoms with E-state index in [0.717, 1.165) is 23.3 Å². The van der Waals surface area contributed by atoms with Crippen molar-refractivity contribution in [1.82, 2.24) is 0 Å². The third-order valence-corrected chi connectivity index (χ3v) is 4.52. The van der Waals surface area contributed by atoms with Crippen molar-refractivity contribution in [2.45, 2.75) is 45.6 Å². The highest BCUT2D eigenvalue weighted by Gasteiger charge is 2.38. The van der Waals surface area contributed by atoms with Gasteiger partial charge in [-0.1, -0.05) is 12.1 Å². The van der Waals surface area contributed by atoms with Crippen LogP contribution in [0.3, 0.4) is 0 Å². The number of nitrogens with two attached hydrogens (primary N) is 1. The third-order valence-electron chi connectivity index (χ3n) is 4.52. The van der Waals surface area contributed by atoms with Crippen LogP contribution in [0.2, 0.25) is 0 Å². The van der Waals surface area contributed by atoms with E-state index >= 15 is 0 Å². The molecule has 2 aliphatic heterocycles. The van der Waals surface area contributed by atoms with Gasteiger partial charge in [-0.2, -0.15) is 5.26 Å². The molecule has 0 saturated carbocycles. The second-order valence-electron chi connectivity index (χ2n) is 7.02. The van der Waals surface area contributed by atoms with E-state index in [1.807, 2.05) is 32.0 Å². The zero-order valence-corrected chi connectivity index (χ0v) is 15.4. The summed E-state index contributed by atoms with van der Waals surface area (Å²) in [5, 5.41) is 9.62. The monoisotopic (exact) mass is 354 g/mol. The molecule has 6 heteroatoms. The number of carbonyl (C=O) groups excluding carboxylic acids is 1. The van der Waals surface area contributed by atoms with E-state index in [2.05, 4.69) is 6.07 Å². The molecule has 136 valence electrons. The molecule has 0 aromatic heterocycles. The average Bonchev–Trinajstić information content (AvgIpc) is 2.87. The summed E-state index contributed by atoms with van der Waals surface area (Å²) in [6.07, 6.45) is 0.748. The Bertz CT molecular complexity index is 874. The van der Waals surface area contributed by atoms with Crippen LogP contribution in [0.5, 0.6) is 5.75 Å². The SMILES string of the molecule is CCOC(=O)C1=C(C)OC(N)=C(C#N)C1c1ccc2c(c1)CC(C)(C)O2. The molecule has 2 N–H and O–H groups in total. The van der Waals surface area contributed by atoms with Crippen LogP contribution >= 0.6 is 0 Å². The quantitative estimate of drug-likeness (QED) is 0.839. The van der Waals surface area contributed by atoms with Gasteiger partial charge >= 0.3 is 5.97 Å². The lowest BCUT2D eigenvalue weighted by atomic mass is 9.82. The summed E-state index contributed by atoms with van der Waals surface area (Å²) in [6, 6.07) is 7.79. The number of hydrogen-bond acceptors (Lipinski definition) is 6. The molecule has 2 aliphatic rings. The van der Waals surface area contributed by atoms with Gasteiger partial charge in [-0.3, -0.25) is 0 Å². The highest BCUT2D eigenvalue weighted by Crippen LogP contribution is 2.43. The van der Waals surface area contributed by atoms with E-state index in [-0.39, 0.29) is 23.7 Å². The Kier molecular flexibility index (Phi) is 4.41. The number of fused-ring (bicyclic) bond motifs is 1. The maximum atomic E-state index is 12.5. The predicted octanol–water partition coefficient (Wildman–Crippen LogP) is 3.04. The topological polar surface area (TPSA) is 94.6 Å². The second kappa shape index (κ2) is 6.41. The molecule has 0 fully saturated rings. The number of nitrogens with zero attached hydrogens (tertiary/aromatic N) is 1. The first-order valence-corrected chi connectivity index (χ1v) is 8.54. The van der Waals surface area contributed by atoms with Crippen LogP contribution in [-0.2, 0) is 20.7 Å². The number of esters is 1. The van der Waals surface area contributed by atoms with Gasteiger partial charge in [0.05, 0.1) is 18.1 Å². The number of ether oxygens (including phenoxy) is 3. The normalized spacial score (nSPS) is 20.8. The summed E-state index contributed by atoms with van der Waals surface area (Å²) in [7, 11) is 0. The Morgan fingerprint density at radius 2 is 2.19 bits per heavy atom. The fourth-order valence-electron chi connectivity index (χ4n) is 3.50. The fraction of sp³-hybridized carbons (Fsp3) is 0.400. The van der Waals surface area contributed by atoms with E-state index in [4.69, 9.17) is 19.9 Å². The van der Waals surface area contributed by atoms with Gasteiger partial charge in [0, 0.05) is 6.42 Å². The molecule has 0 aliphatic carbocycles. The van der Waals surface area contributed by atoms with Gasteiger partial charge in [-0.25, -0.2) is 4.79 Å². The predicted molar refractivity (Wildman–Crippen MR) is 94.8 cm³/mol. The number of allylic oxidation sites excluding steroid dienone is 2. The van der Waals surface area contributed by atoms with Crippen LogP contribution in [-0.4, -0.2) is 18.2 Å². The minimum atomic E-state index is -0.623. The molecular formula is C20H22N2O4. The van der Waals surface area contributed by atoms with Crippen LogP contribution in [0.1, 0.15) is 44.7 Å². The first-order valence-electron chi connectivity index (χ1n) is 8.54. The lowest BCUT2D eigenvalue weighted by Gasteiger charge is -2.27. The lowest BCUT2D eigenvalue weighted by Crippen LogP contribution is -2.25. The molecule has 26 heavy (non-hydrogen) atoms. The highest BCUT2D eigenvalue weighted by atomic mass is 16.5. The van der Waals surface area contributed by atoms with Crippen LogP contribution in [0.15, 0.2) is 41.0 Å². The van der Waals surface area contributed by atoms with Crippen LogP contribution in [0, 0.1) is 11.3 Å². The van der Waals surface area contributed by atoms with E-state index in [1.54, 1.807) is 13.8 Å². The molecule has 0 radical (unpaired) electrons. The average molecular weight is 354 g/mol. The summed E-state index contributed by atoms with van der Waals surface area (Å²) in [4.78, 5) is 12.5. The van der Waals surface area contributed by atoms with Crippen molar-refractivity contribution in [1.29, 1.82) is 5.26 Å². The standard InChI is InChI=1S/C20H22N2O4/c1-5-24-19(23)16-11(2)25-18(22)14(10-21)17(16)12-6-7-15-13(8-12)9-20(3,4)26-15/h6-8,17H,5,9,22H2,1-4H3. The van der Waals surface area contributed by atoms with Gasteiger partial charge in [0.1, 0.15) is 28.8 Å². The summed E-state index contributed by atoms with van der Waals surface area (Å²) in [6.45, 7) is 7.66. The maximum absolute atomic E-state index is 12.5. The van der Waals surface area contributed by atoms with Gasteiger partial charge in [0.2, 0.25) is 5.88 Å². The number of rotatable bonds is 3. The molecule has 6 nitrogen and oxygen atoms in total. The second-order valence-corrected chi connectivity index (χ2v) is 7.02. The van der Waals surface area contributed by atoms with Gasteiger partial charge < -0.3 is 19.9 Å². The smallest absolute Gasteiger partial charge is 0.338 e. The number of carbonyl (C=O) groups is 1. The van der Waals surface area contributed by atoms with Crippen molar-refractivity contribution in [2.24, 2.45) is 5.73 Å². The minimum absolute atomic E-state index is 0.0140. The number of nitriles is 1. The maximum Gasteiger partial charge on any atom is 0.338 e. The molecular weight excluding hydrogens is 332 g/mol. The first-order chi connectivity index (χ1) is 12.3. The van der Waals surface area contributed by atoms with Gasteiger partial charge in [0.25, 0.3) is 0 Å². The van der Waals surface area contributed by atoms with Gasteiger partial charge in [-0.15, -0.1) is 0 Å². The largest absolute Gasteiger partial charge is 0.487 e. The molecule has 1 atom stereocenters. The third kappa shape index (κ3) is 3.01. The van der Waals surface area contributed by atoms with E-state index in [0.29, 0.717) is 11.3 Å². The highest BCUT2D eigenvalue weighted by molar-refractivity contribution is 5.92. The Hall–Kier alpha value is -2.94. The van der Waals surface area contributed by atoms with Crippen molar-refractivity contribution < 1.29 is 19.0 Å².